The van der Waals surface area contributed by atoms with Crippen LogP contribution in [-0.2, 0) is 0 Å². The van der Waals surface area contributed by atoms with E-state index in [0.717, 1.165) is 28.1 Å². The molecule has 4 heteroatoms. The van der Waals surface area contributed by atoms with Gasteiger partial charge in [-0.25, -0.2) is 0 Å². The third-order valence-electron chi connectivity index (χ3n) is 4.09. The van der Waals surface area contributed by atoms with Gasteiger partial charge in [0, 0.05) is 42.7 Å². The molecule has 23 heavy (non-hydrogen) atoms. The van der Waals surface area contributed by atoms with E-state index in [1.807, 2.05) is 42.8 Å². The van der Waals surface area contributed by atoms with E-state index in [1.165, 1.54) is 0 Å². The highest BCUT2D eigenvalue weighted by molar-refractivity contribution is 7.10. The van der Waals surface area contributed by atoms with Gasteiger partial charge in [0.1, 0.15) is 0 Å². The Kier molecular flexibility index (Phi) is 4.46. The number of anilines is 1. The standard InChI is InChI=1S/C19H16N2OS/c1-21-15(4-2-10-20)13-19(22)17-12-14(7-9-18(17)21)6-8-16-5-3-11-23-16/h3,5,7,9,11-12,15H,2,4,13H2,1H3. The van der Waals surface area contributed by atoms with E-state index < -0.39 is 0 Å². The van der Waals surface area contributed by atoms with Crippen molar-refractivity contribution in [2.24, 2.45) is 0 Å². The molecule has 0 aliphatic carbocycles. The Morgan fingerprint density at radius 2 is 2.22 bits per heavy atom. The van der Waals surface area contributed by atoms with E-state index in [2.05, 4.69) is 22.8 Å². The number of nitriles is 1. The van der Waals surface area contributed by atoms with E-state index in [4.69, 9.17) is 5.26 Å². The number of thiophene rings is 1. The Morgan fingerprint density at radius 3 is 2.96 bits per heavy atom. The predicted octanol–water partition coefficient (Wildman–Crippen LogP) is 3.84. The Morgan fingerprint density at radius 1 is 1.35 bits per heavy atom. The lowest BCUT2D eigenvalue weighted by Gasteiger charge is -2.35. The maximum atomic E-state index is 12.4. The molecule has 114 valence electrons. The molecule has 1 aliphatic rings. The molecular formula is C19H16N2OS. The number of rotatable bonds is 2. The van der Waals surface area contributed by atoms with Gasteiger partial charge >= 0.3 is 0 Å². The molecule has 0 fully saturated rings. The summed E-state index contributed by atoms with van der Waals surface area (Å²) in [6, 6.07) is 12.0. The molecule has 1 aliphatic heterocycles. The van der Waals surface area contributed by atoms with Crippen LogP contribution < -0.4 is 4.90 Å². The van der Waals surface area contributed by atoms with Crippen LogP contribution in [0.2, 0.25) is 0 Å². The molecule has 0 radical (unpaired) electrons. The van der Waals surface area contributed by atoms with Crippen molar-refractivity contribution in [2.75, 3.05) is 11.9 Å². The number of hydrogen-bond acceptors (Lipinski definition) is 4. The van der Waals surface area contributed by atoms with Crippen molar-refractivity contribution in [1.29, 1.82) is 5.26 Å². The fraction of sp³-hybridized carbons (Fsp3) is 0.263. The maximum absolute atomic E-state index is 12.4. The Bertz CT molecular complexity index is 821. The van der Waals surface area contributed by atoms with Gasteiger partial charge in [-0.2, -0.15) is 5.26 Å². The van der Waals surface area contributed by atoms with Gasteiger partial charge in [-0.1, -0.05) is 17.9 Å². The predicted molar refractivity (Wildman–Crippen MR) is 92.7 cm³/mol. The molecule has 1 atom stereocenters. The quantitative estimate of drug-likeness (QED) is 0.790. The molecule has 0 bridgehead atoms. The van der Waals surface area contributed by atoms with Crippen molar-refractivity contribution < 1.29 is 4.79 Å². The monoisotopic (exact) mass is 320 g/mol. The van der Waals surface area contributed by atoms with Gasteiger partial charge in [0.25, 0.3) is 0 Å². The molecule has 0 spiro atoms. The molecule has 2 aromatic rings. The number of Topliss-reactive ketones (excluding diaryl/α,β-unsaturated/α-hetero) is 1. The first-order valence-electron chi connectivity index (χ1n) is 7.51. The number of ketones is 1. The first-order chi connectivity index (χ1) is 11.2. The second-order valence-corrected chi connectivity index (χ2v) is 6.50. The maximum Gasteiger partial charge on any atom is 0.167 e. The zero-order valence-electron chi connectivity index (χ0n) is 12.9. The fourth-order valence-electron chi connectivity index (χ4n) is 2.81. The second-order valence-electron chi connectivity index (χ2n) is 5.55. The summed E-state index contributed by atoms with van der Waals surface area (Å²) < 4.78 is 0. The zero-order chi connectivity index (χ0) is 16.2. The summed E-state index contributed by atoms with van der Waals surface area (Å²) in [4.78, 5) is 15.6. The molecule has 1 aromatic carbocycles. The molecule has 0 amide bonds. The van der Waals surface area contributed by atoms with Crippen molar-refractivity contribution >= 4 is 22.8 Å². The van der Waals surface area contributed by atoms with Crippen LogP contribution in [0.5, 0.6) is 0 Å². The van der Waals surface area contributed by atoms with Crippen LogP contribution in [0.4, 0.5) is 5.69 Å². The fourth-order valence-corrected chi connectivity index (χ4v) is 3.38. The largest absolute Gasteiger partial charge is 0.371 e. The topological polar surface area (TPSA) is 44.1 Å². The highest BCUT2D eigenvalue weighted by Gasteiger charge is 2.28. The highest BCUT2D eigenvalue weighted by atomic mass is 32.1. The third-order valence-corrected chi connectivity index (χ3v) is 4.87. The van der Waals surface area contributed by atoms with Gasteiger partial charge in [-0.3, -0.25) is 4.79 Å². The summed E-state index contributed by atoms with van der Waals surface area (Å²) in [6.07, 6.45) is 1.66. The Labute approximate surface area is 140 Å². The third kappa shape index (κ3) is 3.28. The summed E-state index contributed by atoms with van der Waals surface area (Å²) in [5, 5.41) is 10.7. The summed E-state index contributed by atoms with van der Waals surface area (Å²) in [5.41, 5.74) is 2.53. The molecule has 3 rings (SSSR count). The summed E-state index contributed by atoms with van der Waals surface area (Å²) in [7, 11) is 1.99. The Balaban J connectivity index is 1.87. The summed E-state index contributed by atoms with van der Waals surface area (Å²) in [5.74, 6) is 6.38. The first-order valence-corrected chi connectivity index (χ1v) is 8.39. The number of hydrogen-bond donors (Lipinski definition) is 0. The molecule has 3 nitrogen and oxygen atoms in total. The van der Waals surface area contributed by atoms with Gasteiger partial charge < -0.3 is 4.90 Å². The van der Waals surface area contributed by atoms with Gasteiger partial charge in [-0.15, -0.1) is 11.3 Å². The van der Waals surface area contributed by atoms with Crippen molar-refractivity contribution in [1.82, 2.24) is 0 Å². The normalized spacial score (nSPS) is 16.3. The van der Waals surface area contributed by atoms with Crippen LogP contribution in [0.1, 0.15) is 40.1 Å². The minimum atomic E-state index is 0.109. The zero-order valence-corrected chi connectivity index (χ0v) is 13.7. The number of nitrogens with zero attached hydrogens (tertiary/aromatic N) is 2. The van der Waals surface area contributed by atoms with E-state index in [9.17, 15) is 4.79 Å². The summed E-state index contributed by atoms with van der Waals surface area (Å²) >= 11 is 1.60. The first kappa shape index (κ1) is 15.3. The SMILES string of the molecule is CN1c2ccc(C#Cc3cccs3)cc2C(=O)CC1CCC#N. The molecular weight excluding hydrogens is 304 g/mol. The molecule has 2 heterocycles. The second kappa shape index (κ2) is 6.69. The minimum absolute atomic E-state index is 0.109. The lowest BCUT2D eigenvalue weighted by molar-refractivity contribution is 0.0966. The summed E-state index contributed by atoms with van der Waals surface area (Å²) in [6.45, 7) is 0. The lowest BCUT2D eigenvalue weighted by atomic mass is 9.91. The number of carbonyl (C=O) groups excluding carboxylic acids is 1. The van der Waals surface area contributed by atoms with Crippen LogP contribution >= 0.6 is 11.3 Å². The molecule has 0 saturated heterocycles. The average molecular weight is 320 g/mol. The number of carbonyl (C=O) groups is 1. The molecule has 0 saturated carbocycles. The van der Waals surface area contributed by atoms with Crippen LogP contribution in [-0.4, -0.2) is 18.9 Å². The minimum Gasteiger partial charge on any atom is -0.371 e. The van der Waals surface area contributed by atoms with E-state index in [0.29, 0.717) is 12.8 Å². The Hall–Kier alpha value is -2.56. The van der Waals surface area contributed by atoms with Gasteiger partial charge in [0.2, 0.25) is 0 Å². The van der Waals surface area contributed by atoms with E-state index >= 15 is 0 Å². The lowest BCUT2D eigenvalue weighted by Crippen LogP contribution is -2.38. The van der Waals surface area contributed by atoms with Crippen molar-refractivity contribution in [3.63, 3.8) is 0 Å². The smallest absolute Gasteiger partial charge is 0.167 e. The number of benzene rings is 1. The van der Waals surface area contributed by atoms with Gasteiger partial charge in [0.15, 0.2) is 5.78 Å². The van der Waals surface area contributed by atoms with Crippen molar-refractivity contribution in [3.05, 3.63) is 51.7 Å². The van der Waals surface area contributed by atoms with Gasteiger partial charge in [-0.05, 0) is 36.1 Å². The van der Waals surface area contributed by atoms with E-state index in [-0.39, 0.29) is 11.8 Å². The van der Waals surface area contributed by atoms with Crippen LogP contribution in [0.15, 0.2) is 35.7 Å². The van der Waals surface area contributed by atoms with E-state index in [1.54, 1.807) is 11.3 Å². The number of fused-ring (bicyclic) bond motifs is 1. The molecule has 0 N–H and O–H groups in total. The molecule has 1 aromatic heterocycles. The average Bonchev–Trinajstić information content (AvgIpc) is 3.08. The van der Waals surface area contributed by atoms with Crippen LogP contribution in [0.25, 0.3) is 0 Å². The van der Waals surface area contributed by atoms with Crippen molar-refractivity contribution in [2.45, 2.75) is 25.3 Å². The van der Waals surface area contributed by atoms with Crippen LogP contribution in [0.3, 0.4) is 0 Å². The van der Waals surface area contributed by atoms with Gasteiger partial charge in [0.05, 0.1) is 10.9 Å². The van der Waals surface area contributed by atoms with Crippen molar-refractivity contribution in [3.8, 4) is 17.9 Å². The highest BCUT2D eigenvalue weighted by Crippen LogP contribution is 2.31. The molecule has 1 unspecified atom stereocenters. The van der Waals surface area contributed by atoms with Crippen LogP contribution in [0, 0.1) is 23.2 Å².